The third-order valence-electron chi connectivity index (χ3n) is 7.43. The molecule has 12 heteroatoms. The lowest BCUT2D eigenvalue weighted by Crippen LogP contribution is -2.00. The molecule has 0 unspecified atom stereocenters. The molecule has 0 N–H and O–H groups in total. The van der Waals surface area contributed by atoms with Crippen LogP contribution in [0.15, 0.2) is 68.7 Å². The van der Waals surface area contributed by atoms with Gasteiger partial charge in [-0.25, -0.2) is 0 Å². The molecule has 0 saturated carbocycles. The average Bonchev–Trinajstić information content (AvgIpc) is 3.97. The summed E-state index contributed by atoms with van der Waals surface area (Å²) >= 11 is 9.72. The molecule has 6 aromatic rings. The maximum absolute atomic E-state index is 6.06. The van der Waals surface area contributed by atoms with Gasteiger partial charge in [0.15, 0.2) is 0 Å². The minimum atomic E-state index is 0.758. The van der Waals surface area contributed by atoms with E-state index in [0.29, 0.717) is 0 Å². The van der Waals surface area contributed by atoms with Gasteiger partial charge in [0.2, 0.25) is 0 Å². The highest BCUT2D eigenvalue weighted by Crippen LogP contribution is 2.55. The van der Waals surface area contributed by atoms with E-state index in [9.17, 15) is 0 Å². The Morgan fingerprint density at radius 2 is 0.646 bits per heavy atom. The number of ether oxygens (including phenoxy) is 6. The van der Waals surface area contributed by atoms with Gasteiger partial charge in [0.05, 0.1) is 71.9 Å². The first-order chi connectivity index (χ1) is 23.6. The van der Waals surface area contributed by atoms with E-state index in [1.54, 1.807) is 111 Å². The minimum Gasteiger partial charge on any atom is -0.495 e. The average molecular weight is 753 g/mol. The van der Waals surface area contributed by atoms with Gasteiger partial charge in [-0.05, 0) is 80.8 Å². The fraction of sp³-hybridized carbons (Fsp3) is 0.167. The number of thiophene rings is 6. The lowest BCUT2D eigenvalue weighted by molar-refractivity contribution is 0.414. The molecule has 0 saturated heterocycles. The molecule has 6 heterocycles. The van der Waals surface area contributed by atoms with Crippen molar-refractivity contribution in [1.29, 1.82) is 0 Å². The Bertz CT molecular complexity index is 1930. The van der Waals surface area contributed by atoms with E-state index >= 15 is 0 Å². The van der Waals surface area contributed by atoms with Crippen molar-refractivity contribution >= 4 is 102 Å². The summed E-state index contributed by atoms with van der Waals surface area (Å²) in [4.78, 5) is 5.81. The highest BCUT2D eigenvalue weighted by molar-refractivity contribution is 7.15. The Hall–Kier alpha value is -3.78. The summed E-state index contributed by atoms with van der Waals surface area (Å²) in [7, 11) is 10.2. The van der Waals surface area contributed by atoms with Crippen LogP contribution in [0.2, 0.25) is 0 Å². The van der Waals surface area contributed by atoms with E-state index in [0.717, 1.165) is 86.1 Å². The highest BCUT2D eigenvalue weighted by atomic mass is 32.1. The van der Waals surface area contributed by atoms with Gasteiger partial charge in [0, 0.05) is 22.3 Å². The van der Waals surface area contributed by atoms with Gasteiger partial charge < -0.3 is 28.4 Å². The van der Waals surface area contributed by atoms with Crippen LogP contribution in [0.3, 0.4) is 0 Å². The Morgan fingerprint density at radius 1 is 0.375 bits per heavy atom. The zero-order valence-corrected chi connectivity index (χ0v) is 31.9. The summed E-state index contributed by atoms with van der Waals surface area (Å²) in [5.74, 6) is 4.64. The molecule has 0 aliphatic rings. The first-order valence-electron chi connectivity index (χ1n) is 14.4. The van der Waals surface area contributed by atoms with Crippen molar-refractivity contribution < 1.29 is 28.4 Å². The SMILES string of the molecule is COc1ccsc1C=C(C(=C(C(=Cc1sccc1OC)c1sccc1OC)c1sccc1OC)c1sccc1OC)c1sccc1OC. The van der Waals surface area contributed by atoms with Crippen LogP contribution in [0.25, 0.3) is 34.4 Å². The predicted octanol–water partition coefficient (Wildman–Crippen LogP) is 11.5. The molecule has 0 aliphatic carbocycles. The van der Waals surface area contributed by atoms with Crippen molar-refractivity contribution in [3.63, 3.8) is 0 Å². The molecule has 0 bridgehead atoms. The van der Waals surface area contributed by atoms with E-state index in [1.165, 1.54) is 0 Å². The van der Waals surface area contributed by atoms with Crippen LogP contribution in [-0.2, 0) is 0 Å². The van der Waals surface area contributed by atoms with Gasteiger partial charge in [-0.15, -0.1) is 68.0 Å². The lowest BCUT2D eigenvalue weighted by Gasteiger charge is -2.22. The van der Waals surface area contributed by atoms with Crippen molar-refractivity contribution in [2.45, 2.75) is 0 Å². The molecule has 0 atom stereocenters. The van der Waals surface area contributed by atoms with Crippen LogP contribution in [0.5, 0.6) is 34.5 Å². The van der Waals surface area contributed by atoms with Crippen LogP contribution < -0.4 is 28.4 Å². The van der Waals surface area contributed by atoms with Crippen molar-refractivity contribution in [1.82, 2.24) is 0 Å². The first-order valence-corrected chi connectivity index (χ1v) is 19.7. The maximum Gasteiger partial charge on any atom is 0.137 e. The van der Waals surface area contributed by atoms with Crippen LogP contribution in [-0.4, -0.2) is 42.7 Å². The summed E-state index contributed by atoms with van der Waals surface area (Å²) in [6.07, 6.45) is 4.39. The Kier molecular flexibility index (Phi) is 11.1. The second-order valence-electron chi connectivity index (χ2n) is 9.84. The third-order valence-corrected chi connectivity index (χ3v) is 12.8. The Morgan fingerprint density at radius 3 is 0.979 bits per heavy atom. The van der Waals surface area contributed by atoms with E-state index < -0.39 is 0 Å². The lowest BCUT2D eigenvalue weighted by atomic mass is 9.88. The quantitative estimate of drug-likeness (QED) is 0.103. The van der Waals surface area contributed by atoms with E-state index in [-0.39, 0.29) is 0 Å². The van der Waals surface area contributed by atoms with Crippen molar-refractivity contribution in [3.05, 3.63) is 97.9 Å². The third kappa shape index (κ3) is 6.60. The predicted molar refractivity (Wildman–Crippen MR) is 208 cm³/mol. The van der Waals surface area contributed by atoms with Crippen LogP contribution in [0.4, 0.5) is 0 Å². The molecule has 48 heavy (non-hydrogen) atoms. The van der Waals surface area contributed by atoms with Crippen molar-refractivity contribution in [2.24, 2.45) is 0 Å². The number of hydrogen-bond donors (Lipinski definition) is 0. The molecule has 0 aliphatic heterocycles. The molecule has 0 spiro atoms. The van der Waals surface area contributed by atoms with Crippen molar-refractivity contribution in [2.75, 3.05) is 42.7 Å². The van der Waals surface area contributed by atoms with Gasteiger partial charge in [-0.2, -0.15) is 0 Å². The molecule has 6 rings (SSSR count). The van der Waals surface area contributed by atoms with Gasteiger partial charge in [0.25, 0.3) is 0 Å². The zero-order valence-electron chi connectivity index (χ0n) is 27.0. The summed E-state index contributed by atoms with van der Waals surface area (Å²) in [6.45, 7) is 0. The molecule has 0 fully saturated rings. The number of rotatable bonds is 14. The van der Waals surface area contributed by atoms with E-state index in [4.69, 9.17) is 28.4 Å². The highest BCUT2D eigenvalue weighted by Gasteiger charge is 2.31. The molecule has 0 radical (unpaired) electrons. The Balaban J connectivity index is 1.86. The molecular formula is C36H32O6S6. The molecular weight excluding hydrogens is 721 g/mol. The number of hydrogen-bond acceptors (Lipinski definition) is 12. The Labute approximate surface area is 304 Å². The second kappa shape index (κ2) is 15.6. The van der Waals surface area contributed by atoms with Crippen LogP contribution >= 0.6 is 68.0 Å². The van der Waals surface area contributed by atoms with Gasteiger partial charge in [0.1, 0.15) is 34.5 Å². The summed E-state index contributed by atoms with van der Waals surface area (Å²) < 4.78 is 35.7. The normalized spacial score (nSPS) is 12.5. The molecule has 0 aromatic carbocycles. The zero-order chi connectivity index (χ0) is 33.6. The van der Waals surface area contributed by atoms with E-state index in [1.807, 2.05) is 47.2 Å². The fourth-order valence-corrected chi connectivity index (χ4v) is 10.5. The summed E-state index contributed by atoms with van der Waals surface area (Å²) in [5.41, 5.74) is 3.81. The minimum absolute atomic E-state index is 0.758. The summed E-state index contributed by atoms with van der Waals surface area (Å²) in [5, 5.41) is 12.3. The van der Waals surface area contributed by atoms with Crippen molar-refractivity contribution in [3.8, 4) is 34.5 Å². The molecule has 0 amide bonds. The van der Waals surface area contributed by atoms with Gasteiger partial charge in [-0.1, -0.05) is 0 Å². The monoisotopic (exact) mass is 752 g/mol. The standard InChI is InChI=1S/C36H32O6S6/c1-37-23-7-13-43-29(23)19-21(33-25(39-3)9-15-45-33)31(35-27(41-5)11-17-47-35)32(36-28(42-6)12-18-48-36)22(34-26(40-4)10-16-46-34)20-30-24(38-2)8-14-44-30/h7-20H,1-6H3. The largest absolute Gasteiger partial charge is 0.495 e. The van der Waals surface area contributed by atoms with Crippen LogP contribution in [0, 0.1) is 0 Å². The first kappa shape index (κ1) is 34.1. The van der Waals surface area contributed by atoms with Gasteiger partial charge in [-0.3, -0.25) is 0 Å². The fourth-order valence-electron chi connectivity index (χ4n) is 5.26. The summed E-state index contributed by atoms with van der Waals surface area (Å²) in [6, 6.07) is 12.0. The smallest absolute Gasteiger partial charge is 0.137 e. The van der Waals surface area contributed by atoms with Gasteiger partial charge >= 0.3 is 0 Å². The number of allylic oxidation sites excluding steroid dienone is 4. The molecule has 248 valence electrons. The number of methoxy groups -OCH3 is 6. The molecule has 6 aromatic heterocycles. The maximum atomic E-state index is 6.06. The topological polar surface area (TPSA) is 55.4 Å². The van der Waals surface area contributed by atoms with Crippen LogP contribution in [0.1, 0.15) is 29.3 Å². The van der Waals surface area contributed by atoms with E-state index in [2.05, 4.69) is 33.7 Å². The second-order valence-corrected chi connectivity index (χ2v) is 15.4. The molecule has 6 nitrogen and oxygen atoms in total.